The average Bonchev–Trinajstić information content (AvgIpc) is 3.60. The third-order valence-corrected chi connectivity index (χ3v) is 10.4. The van der Waals surface area contributed by atoms with E-state index in [0.717, 1.165) is 16.7 Å². The van der Waals surface area contributed by atoms with Crippen LogP contribution in [0, 0.1) is 10.8 Å². The predicted octanol–water partition coefficient (Wildman–Crippen LogP) is 6.90. The van der Waals surface area contributed by atoms with Crippen LogP contribution < -0.4 is 10.7 Å². The van der Waals surface area contributed by atoms with E-state index in [1.807, 2.05) is 23.5 Å². The van der Waals surface area contributed by atoms with E-state index in [0.29, 0.717) is 0 Å². The van der Waals surface area contributed by atoms with Gasteiger partial charge in [0.2, 0.25) is 0 Å². The van der Waals surface area contributed by atoms with Gasteiger partial charge in [-0.3, -0.25) is 0 Å². The van der Waals surface area contributed by atoms with Crippen molar-refractivity contribution < 1.29 is 0 Å². The molecular weight excluding hydrogens is 464 g/mol. The van der Waals surface area contributed by atoms with Crippen molar-refractivity contribution in [1.82, 2.24) is 9.97 Å². The lowest BCUT2D eigenvalue weighted by molar-refractivity contribution is 0.356. The second kappa shape index (κ2) is 7.64. The normalized spacial score (nSPS) is 24.5. The maximum absolute atomic E-state index is 5.22. The zero-order chi connectivity index (χ0) is 23.6. The number of fused-ring (bicyclic) bond motifs is 4. The van der Waals surface area contributed by atoms with Gasteiger partial charge in [-0.15, -0.1) is 0 Å². The van der Waals surface area contributed by atoms with Gasteiger partial charge in [0, 0.05) is 36.0 Å². The summed E-state index contributed by atoms with van der Waals surface area (Å²) >= 11 is 3.78. The molecule has 2 aliphatic heterocycles. The molecule has 0 radical (unpaired) electrons. The maximum Gasteiger partial charge on any atom is 0.138 e. The number of nitrogens with one attached hydrogen (secondary N) is 1. The highest BCUT2D eigenvalue weighted by Crippen LogP contribution is 2.69. The summed E-state index contributed by atoms with van der Waals surface area (Å²) in [5.74, 6) is 0.935. The number of aromatic nitrogens is 2. The standard InChI is InChI=1S/C31H24N2S2/c1-30-18-23(20-12-6-3-7-13-20)34-27(30)25-26(33-29(32-25)22-16-10-5-11-17-22)28-31(30,2)19-24(35-28)21-14-8-4-9-15-21/h3-19H,1-2H3,(H,32,33)/t30-,31-/m1/s1. The van der Waals surface area contributed by atoms with Crippen LogP contribution in [0.2, 0.25) is 0 Å². The number of nitrogens with zero attached hydrogens (tertiary/aromatic N) is 1. The molecule has 7 rings (SSSR count). The number of hydrogen-bond donors (Lipinski definition) is 1. The van der Waals surface area contributed by atoms with Crippen LogP contribution in [0.5, 0.6) is 0 Å². The molecular formula is C31H24N2S2. The summed E-state index contributed by atoms with van der Waals surface area (Å²) in [6.07, 6.45) is 4.99. The highest BCUT2D eigenvalue weighted by atomic mass is 32.2. The van der Waals surface area contributed by atoms with Crippen LogP contribution in [-0.2, 0) is 0 Å². The number of hydrogen-bond acceptors (Lipinski definition) is 3. The molecule has 0 saturated heterocycles. The Labute approximate surface area is 213 Å². The molecule has 3 aromatic carbocycles. The monoisotopic (exact) mass is 488 g/mol. The highest BCUT2D eigenvalue weighted by Gasteiger charge is 2.56. The third kappa shape index (κ3) is 3.03. The van der Waals surface area contributed by atoms with Crippen molar-refractivity contribution in [2.45, 2.75) is 13.8 Å². The van der Waals surface area contributed by atoms with Crippen molar-refractivity contribution >= 4 is 43.1 Å². The van der Waals surface area contributed by atoms with Crippen LogP contribution in [-0.4, -0.2) is 9.97 Å². The van der Waals surface area contributed by atoms with E-state index in [4.69, 9.17) is 4.98 Å². The Kier molecular flexibility index (Phi) is 4.61. The Morgan fingerprint density at radius 3 is 1.60 bits per heavy atom. The van der Waals surface area contributed by atoms with E-state index in [9.17, 15) is 0 Å². The Hall–Kier alpha value is -3.21. The SMILES string of the molecule is C[C@@]12C=C(c3ccccc3)SC1=c1nc(-c3ccccc3)[nH]c1=C1SC(c3ccccc3)=C[C@]12C. The van der Waals surface area contributed by atoms with Gasteiger partial charge in [-0.1, -0.05) is 141 Å². The summed E-state index contributed by atoms with van der Waals surface area (Å²) in [5, 5.41) is 2.27. The smallest absolute Gasteiger partial charge is 0.138 e. The summed E-state index contributed by atoms with van der Waals surface area (Å²) in [5.41, 5.74) is 3.30. The van der Waals surface area contributed by atoms with E-state index in [1.54, 1.807) is 0 Å². The van der Waals surface area contributed by atoms with E-state index in [2.05, 4.69) is 122 Å². The Morgan fingerprint density at radius 2 is 1.06 bits per heavy atom. The molecule has 0 fully saturated rings. The summed E-state index contributed by atoms with van der Waals surface area (Å²) in [6.45, 7) is 4.80. The van der Waals surface area contributed by atoms with Crippen molar-refractivity contribution in [2.24, 2.45) is 10.8 Å². The van der Waals surface area contributed by atoms with E-state index in [1.165, 1.54) is 36.1 Å². The highest BCUT2D eigenvalue weighted by molar-refractivity contribution is 8.17. The molecule has 35 heavy (non-hydrogen) atoms. The zero-order valence-electron chi connectivity index (χ0n) is 19.6. The second-order valence-electron chi connectivity index (χ2n) is 9.69. The van der Waals surface area contributed by atoms with Gasteiger partial charge in [-0.2, -0.15) is 0 Å². The van der Waals surface area contributed by atoms with Crippen molar-refractivity contribution in [3.8, 4) is 11.4 Å². The van der Waals surface area contributed by atoms with Crippen LogP contribution in [0.15, 0.2) is 103 Å². The van der Waals surface area contributed by atoms with Crippen molar-refractivity contribution in [3.63, 3.8) is 0 Å². The Balaban J connectivity index is 1.51. The van der Waals surface area contributed by atoms with E-state index < -0.39 is 0 Å². The van der Waals surface area contributed by atoms with Crippen LogP contribution in [0.25, 0.3) is 31.0 Å². The Bertz CT molecular complexity index is 1540. The lowest BCUT2D eigenvalue weighted by Crippen LogP contribution is -2.46. The molecule has 0 saturated carbocycles. The molecule has 4 aromatic rings. The minimum atomic E-state index is -0.183. The molecule has 0 amide bonds. The van der Waals surface area contributed by atoms with Crippen molar-refractivity contribution in [2.75, 3.05) is 0 Å². The molecule has 1 N–H and O–H groups in total. The zero-order valence-corrected chi connectivity index (χ0v) is 21.2. The lowest BCUT2D eigenvalue weighted by Gasteiger charge is -2.42. The number of benzene rings is 3. The number of thioether (sulfide) groups is 2. The van der Waals surface area contributed by atoms with Crippen LogP contribution in [0.4, 0.5) is 0 Å². The summed E-state index contributed by atoms with van der Waals surface area (Å²) in [6, 6.07) is 32.0. The maximum atomic E-state index is 5.22. The van der Waals surface area contributed by atoms with Crippen LogP contribution in [0.3, 0.4) is 0 Å². The van der Waals surface area contributed by atoms with Gasteiger partial charge >= 0.3 is 0 Å². The van der Waals surface area contributed by atoms with Gasteiger partial charge in [0.1, 0.15) is 11.2 Å². The fourth-order valence-corrected chi connectivity index (χ4v) is 8.44. The summed E-state index contributed by atoms with van der Waals surface area (Å²) in [4.78, 5) is 14.3. The first-order valence-corrected chi connectivity index (χ1v) is 13.5. The molecule has 1 aliphatic carbocycles. The lowest BCUT2D eigenvalue weighted by atomic mass is 9.62. The summed E-state index contributed by atoms with van der Waals surface area (Å²) in [7, 11) is 0. The molecule has 170 valence electrons. The topological polar surface area (TPSA) is 28.7 Å². The fraction of sp³-hybridized carbons (Fsp3) is 0.129. The first-order chi connectivity index (χ1) is 17.1. The second-order valence-corrected chi connectivity index (χ2v) is 11.8. The van der Waals surface area contributed by atoms with E-state index in [-0.39, 0.29) is 10.8 Å². The molecule has 1 aromatic heterocycles. The average molecular weight is 489 g/mol. The van der Waals surface area contributed by atoms with Gasteiger partial charge < -0.3 is 4.98 Å². The fourth-order valence-electron chi connectivity index (χ4n) is 5.45. The minimum absolute atomic E-state index is 0.171. The number of H-pyrrole nitrogens is 1. The largest absolute Gasteiger partial charge is 0.337 e. The van der Waals surface area contributed by atoms with Gasteiger partial charge in [0.05, 0.1) is 5.35 Å². The molecule has 2 nitrogen and oxygen atoms in total. The molecule has 0 bridgehead atoms. The number of rotatable bonds is 3. The van der Waals surface area contributed by atoms with Crippen LogP contribution in [0.1, 0.15) is 25.0 Å². The van der Waals surface area contributed by atoms with Crippen LogP contribution >= 0.6 is 23.5 Å². The number of aromatic amines is 1. The minimum Gasteiger partial charge on any atom is -0.337 e. The molecule has 3 aliphatic rings. The number of allylic oxidation sites excluding steroid dienone is 2. The van der Waals surface area contributed by atoms with Crippen molar-refractivity contribution in [3.05, 3.63) is 125 Å². The summed E-state index contributed by atoms with van der Waals surface area (Å²) < 4.78 is 0. The Morgan fingerprint density at radius 1 is 0.600 bits per heavy atom. The van der Waals surface area contributed by atoms with E-state index >= 15 is 0 Å². The van der Waals surface area contributed by atoms with Gasteiger partial charge in [0.25, 0.3) is 0 Å². The predicted molar refractivity (Wildman–Crippen MR) is 150 cm³/mol. The first-order valence-electron chi connectivity index (χ1n) is 11.9. The molecule has 0 unspecified atom stereocenters. The van der Waals surface area contributed by atoms with Gasteiger partial charge in [-0.25, -0.2) is 4.98 Å². The third-order valence-electron chi connectivity index (χ3n) is 7.60. The van der Waals surface area contributed by atoms with Gasteiger partial charge in [-0.05, 0) is 11.1 Å². The quantitative estimate of drug-likeness (QED) is 0.340. The first kappa shape index (κ1) is 21.1. The van der Waals surface area contributed by atoms with Crippen molar-refractivity contribution in [1.29, 1.82) is 0 Å². The molecule has 0 spiro atoms. The number of imidazole rings is 1. The van der Waals surface area contributed by atoms with Gasteiger partial charge in [0.15, 0.2) is 0 Å². The molecule has 4 heteroatoms. The molecule has 3 heterocycles. The molecule has 2 atom stereocenters.